The van der Waals surface area contributed by atoms with Gasteiger partial charge in [0, 0.05) is 26.0 Å². The SMILES string of the molecule is O=C(Oc1ccc(Br)cc1C=NNC(=O)c1[nH]c2c(F)cccc2c1-c1ccccc1)c1ccc(Cl)cc1. The molecule has 9 heteroatoms. The van der Waals surface area contributed by atoms with Crippen molar-refractivity contribution in [3.63, 3.8) is 0 Å². The Morgan fingerprint density at radius 3 is 2.50 bits per heavy atom. The molecule has 0 saturated carbocycles. The van der Waals surface area contributed by atoms with Crippen molar-refractivity contribution in [2.75, 3.05) is 0 Å². The Morgan fingerprint density at radius 1 is 0.974 bits per heavy atom. The van der Waals surface area contributed by atoms with E-state index in [4.69, 9.17) is 16.3 Å². The predicted octanol–water partition coefficient (Wildman–Crippen LogP) is 7.37. The summed E-state index contributed by atoms with van der Waals surface area (Å²) in [6.45, 7) is 0. The monoisotopic (exact) mass is 589 g/mol. The molecule has 1 amide bonds. The summed E-state index contributed by atoms with van der Waals surface area (Å²) in [5, 5.41) is 5.15. The van der Waals surface area contributed by atoms with Crippen LogP contribution in [0.3, 0.4) is 0 Å². The van der Waals surface area contributed by atoms with Crippen LogP contribution in [0.5, 0.6) is 5.75 Å². The third-order valence-electron chi connectivity index (χ3n) is 5.70. The number of nitrogens with zero attached hydrogens (tertiary/aromatic N) is 1. The van der Waals surface area contributed by atoms with Crippen LogP contribution in [0.2, 0.25) is 5.02 Å². The molecular weight excluding hydrogens is 573 g/mol. The van der Waals surface area contributed by atoms with Gasteiger partial charge in [0.05, 0.1) is 17.3 Å². The van der Waals surface area contributed by atoms with Gasteiger partial charge in [0.2, 0.25) is 0 Å². The van der Waals surface area contributed by atoms with Gasteiger partial charge in [-0.15, -0.1) is 0 Å². The summed E-state index contributed by atoms with van der Waals surface area (Å²) in [6, 6.07) is 25.2. The smallest absolute Gasteiger partial charge is 0.343 e. The van der Waals surface area contributed by atoms with Crippen LogP contribution < -0.4 is 10.2 Å². The van der Waals surface area contributed by atoms with Crippen molar-refractivity contribution >= 4 is 56.5 Å². The van der Waals surface area contributed by atoms with Crippen molar-refractivity contribution in [3.8, 4) is 16.9 Å². The molecule has 1 heterocycles. The minimum Gasteiger partial charge on any atom is -0.422 e. The first-order chi connectivity index (χ1) is 18.4. The molecule has 0 fully saturated rings. The van der Waals surface area contributed by atoms with Crippen molar-refractivity contribution in [1.82, 2.24) is 10.4 Å². The minimum atomic E-state index is -0.574. The molecule has 1 aromatic heterocycles. The van der Waals surface area contributed by atoms with E-state index in [9.17, 15) is 14.0 Å². The van der Waals surface area contributed by atoms with Crippen molar-refractivity contribution in [2.24, 2.45) is 5.10 Å². The van der Waals surface area contributed by atoms with Gasteiger partial charge >= 0.3 is 5.97 Å². The van der Waals surface area contributed by atoms with E-state index in [1.165, 1.54) is 12.3 Å². The first-order valence-corrected chi connectivity index (χ1v) is 12.5. The number of benzene rings is 4. The van der Waals surface area contributed by atoms with Gasteiger partial charge in [-0.2, -0.15) is 5.10 Å². The summed E-state index contributed by atoms with van der Waals surface area (Å²) in [7, 11) is 0. The molecule has 0 aliphatic rings. The average Bonchev–Trinajstić information content (AvgIpc) is 3.32. The highest BCUT2D eigenvalue weighted by atomic mass is 79.9. The molecule has 0 atom stereocenters. The van der Waals surface area contributed by atoms with E-state index in [0.29, 0.717) is 31.6 Å². The number of H-pyrrole nitrogens is 1. The zero-order valence-electron chi connectivity index (χ0n) is 19.5. The molecule has 5 rings (SSSR count). The van der Waals surface area contributed by atoms with Crippen LogP contribution >= 0.6 is 27.5 Å². The number of amides is 1. The van der Waals surface area contributed by atoms with Crippen molar-refractivity contribution in [2.45, 2.75) is 0 Å². The molecule has 38 heavy (non-hydrogen) atoms. The topological polar surface area (TPSA) is 83.5 Å². The molecule has 5 aromatic rings. The molecule has 2 N–H and O–H groups in total. The summed E-state index contributed by atoms with van der Waals surface area (Å²) >= 11 is 9.28. The Labute approximate surface area is 230 Å². The highest BCUT2D eigenvalue weighted by Gasteiger charge is 2.20. The Morgan fingerprint density at radius 2 is 1.74 bits per heavy atom. The number of carbonyl (C=O) groups excluding carboxylic acids is 2. The lowest BCUT2D eigenvalue weighted by atomic mass is 10.0. The van der Waals surface area contributed by atoms with Crippen LogP contribution in [0.15, 0.2) is 101 Å². The second-order valence-corrected chi connectivity index (χ2v) is 9.53. The summed E-state index contributed by atoms with van der Waals surface area (Å²) in [4.78, 5) is 28.7. The number of carbonyl (C=O) groups is 2. The Bertz CT molecular complexity index is 1690. The van der Waals surface area contributed by atoms with Gasteiger partial charge in [-0.05, 0) is 54.1 Å². The summed E-state index contributed by atoms with van der Waals surface area (Å²) in [5.74, 6) is -1.37. The summed E-state index contributed by atoms with van der Waals surface area (Å²) < 4.78 is 20.8. The largest absolute Gasteiger partial charge is 0.422 e. The molecule has 0 saturated heterocycles. The maximum atomic E-state index is 14.5. The lowest BCUT2D eigenvalue weighted by Gasteiger charge is -2.08. The van der Waals surface area contributed by atoms with Crippen LogP contribution in [0, 0.1) is 5.82 Å². The first kappa shape index (κ1) is 25.4. The molecule has 0 bridgehead atoms. The number of hydrogen-bond acceptors (Lipinski definition) is 4. The quantitative estimate of drug-likeness (QED) is 0.0937. The number of halogens is 3. The van der Waals surface area contributed by atoms with E-state index >= 15 is 0 Å². The second kappa shape index (κ2) is 11.0. The number of esters is 1. The normalized spacial score (nSPS) is 11.1. The van der Waals surface area contributed by atoms with Gasteiger partial charge in [-0.3, -0.25) is 4.79 Å². The van der Waals surface area contributed by atoms with E-state index < -0.39 is 17.7 Å². The standard InChI is InChI=1S/C29H18BrClFN3O3/c30-20-11-14-24(38-29(37)18-9-12-21(31)13-10-18)19(15-20)16-33-35-28(36)27-25(17-5-2-1-3-6-17)22-7-4-8-23(32)26(22)34-27/h1-16,34H,(H,35,36). The number of para-hydroxylation sites is 1. The number of hydrogen-bond donors (Lipinski definition) is 2. The molecule has 0 spiro atoms. The fraction of sp³-hybridized carbons (Fsp3) is 0. The third-order valence-corrected chi connectivity index (χ3v) is 6.44. The van der Waals surface area contributed by atoms with Gasteiger partial charge in [0.1, 0.15) is 17.3 Å². The number of fused-ring (bicyclic) bond motifs is 1. The molecule has 6 nitrogen and oxygen atoms in total. The zero-order chi connectivity index (χ0) is 26.6. The number of hydrazone groups is 1. The lowest BCUT2D eigenvalue weighted by molar-refractivity contribution is 0.0734. The van der Waals surface area contributed by atoms with Crippen molar-refractivity contribution in [3.05, 3.63) is 123 Å². The molecule has 0 aliphatic heterocycles. The number of rotatable bonds is 6. The maximum absolute atomic E-state index is 14.5. The summed E-state index contributed by atoms with van der Waals surface area (Å²) in [5.41, 5.74) is 4.95. The van der Waals surface area contributed by atoms with E-state index in [2.05, 4.69) is 31.4 Å². The highest BCUT2D eigenvalue weighted by molar-refractivity contribution is 9.10. The fourth-order valence-corrected chi connectivity index (χ4v) is 4.44. The van der Waals surface area contributed by atoms with E-state index in [-0.39, 0.29) is 17.0 Å². The van der Waals surface area contributed by atoms with Crippen LogP contribution in [-0.2, 0) is 0 Å². The van der Waals surface area contributed by atoms with Crippen LogP contribution in [0.1, 0.15) is 26.4 Å². The predicted molar refractivity (Wildman–Crippen MR) is 149 cm³/mol. The number of aromatic nitrogens is 1. The lowest BCUT2D eigenvalue weighted by Crippen LogP contribution is -2.19. The minimum absolute atomic E-state index is 0.164. The van der Waals surface area contributed by atoms with Crippen LogP contribution in [-0.4, -0.2) is 23.1 Å². The van der Waals surface area contributed by atoms with Crippen molar-refractivity contribution in [1.29, 1.82) is 0 Å². The summed E-state index contributed by atoms with van der Waals surface area (Å²) in [6.07, 6.45) is 1.36. The van der Waals surface area contributed by atoms with E-state index in [1.54, 1.807) is 54.6 Å². The van der Waals surface area contributed by atoms with Crippen LogP contribution in [0.25, 0.3) is 22.0 Å². The Kier molecular flexibility index (Phi) is 7.35. The third kappa shape index (κ3) is 5.37. The van der Waals surface area contributed by atoms with Crippen molar-refractivity contribution < 1.29 is 18.7 Å². The highest BCUT2D eigenvalue weighted by Crippen LogP contribution is 2.33. The zero-order valence-corrected chi connectivity index (χ0v) is 21.9. The molecule has 0 unspecified atom stereocenters. The van der Waals surface area contributed by atoms with Gasteiger partial charge in [0.25, 0.3) is 5.91 Å². The number of nitrogens with one attached hydrogen (secondary N) is 2. The van der Waals surface area contributed by atoms with Gasteiger partial charge in [-0.1, -0.05) is 70.0 Å². The Balaban J connectivity index is 1.41. The maximum Gasteiger partial charge on any atom is 0.343 e. The average molecular weight is 591 g/mol. The van der Waals surface area contributed by atoms with Gasteiger partial charge in [0.15, 0.2) is 0 Å². The molecular formula is C29H18BrClFN3O3. The van der Waals surface area contributed by atoms with Gasteiger partial charge in [-0.25, -0.2) is 14.6 Å². The number of aromatic amines is 1. The van der Waals surface area contributed by atoms with Gasteiger partial charge < -0.3 is 9.72 Å². The van der Waals surface area contributed by atoms with Crippen LogP contribution in [0.4, 0.5) is 4.39 Å². The molecule has 188 valence electrons. The second-order valence-electron chi connectivity index (χ2n) is 8.18. The molecule has 0 aliphatic carbocycles. The number of ether oxygens (including phenoxy) is 1. The molecule has 4 aromatic carbocycles. The molecule has 0 radical (unpaired) electrons. The fourth-order valence-electron chi connectivity index (χ4n) is 3.93. The Hall–Kier alpha value is -4.27. The first-order valence-electron chi connectivity index (χ1n) is 11.4. The van der Waals surface area contributed by atoms with E-state index in [0.717, 1.165) is 5.56 Å². The van der Waals surface area contributed by atoms with E-state index in [1.807, 2.05) is 30.3 Å².